The summed E-state index contributed by atoms with van der Waals surface area (Å²) in [5, 5.41) is 11.2. The number of rotatable bonds is 4. The summed E-state index contributed by atoms with van der Waals surface area (Å²) < 4.78 is 7.52. The van der Waals surface area contributed by atoms with Gasteiger partial charge in [-0.15, -0.1) is 10.2 Å². The van der Waals surface area contributed by atoms with Crippen molar-refractivity contribution in [3.05, 3.63) is 12.2 Å². The van der Waals surface area contributed by atoms with Gasteiger partial charge in [0.1, 0.15) is 12.9 Å². The van der Waals surface area contributed by atoms with Gasteiger partial charge in [0, 0.05) is 13.6 Å². The standard InChI is InChI=1S/C10H18N4O/c1-14-8-12-13-10(14)7-15-6-9-3-2-4-11-5-9/h8-9,11H,2-7H2,1H3/t9-/m0/s1. The second-order valence-electron chi connectivity index (χ2n) is 4.09. The molecule has 84 valence electrons. The van der Waals surface area contributed by atoms with Crippen molar-refractivity contribution in [1.29, 1.82) is 0 Å². The van der Waals surface area contributed by atoms with Crippen LogP contribution in [0.4, 0.5) is 0 Å². The number of nitrogens with zero attached hydrogens (tertiary/aromatic N) is 3. The summed E-state index contributed by atoms with van der Waals surface area (Å²) in [7, 11) is 1.93. The van der Waals surface area contributed by atoms with Crippen LogP contribution in [-0.2, 0) is 18.4 Å². The van der Waals surface area contributed by atoms with Crippen LogP contribution in [0, 0.1) is 5.92 Å². The van der Waals surface area contributed by atoms with Crippen LogP contribution in [0.3, 0.4) is 0 Å². The zero-order chi connectivity index (χ0) is 10.5. The largest absolute Gasteiger partial charge is 0.373 e. The maximum atomic E-state index is 5.64. The van der Waals surface area contributed by atoms with Crippen molar-refractivity contribution >= 4 is 0 Å². The van der Waals surface area contributed by atoms with Gasteiger partial charge in [-0.25, -0.2) is 0 Å². The third-order valence-corrected chi connectivity index (χ3v) is 2.79. The third-order valence-electron chi connectivity index (χ3n) is 2.79. The minimum atomic E-state index is 0.562. The van der Waals surface area contributed by atoms with E-state index in [4.69, 9.17) is 4.74 Å². The van der Waals surface area contributed by atoms with Gasteiger partial charge in [0.2, 0.25) is 0 Å². The van der Waals surface area contributed by atoms with Gasteiger partial charge in [-0.3, -0.25) is 0 Å². The van der Waals surface area contributed by atoms with E-state index in [-0.39, 0.29) is 0 Å². The van der Waals surface area contributed by atoms with Gasteiger partial charge in [-0.2, -0.15) is 0 Å². The van der Waals surface area contributed by atoms with Crippen molar-refractivity contribution in [3.8, 4) is 0 Å². The van der Waals surface area contributed by atoms with E-state index in [9.17, 15) is 0 Å². The second kappa shape index (κ2) is 5.23. The van der Waals surface area contributed by atoms with Crippen molar-refractivity contribution in [2.75, 3.05) is 19.7 Å². The van der Waals surface area contributed by atoms with Gasteiger partial charge in [-0.05, 0) is 25.3 Å². The molecule has 1 saturated heterocycles. The lowest BCUT2D eigenvalue weighted by Crippen LogP contribution is -2.32. The van der Waals surface area contributed by atoms with Crippen LogP contribution in [0.5, 0.6) is 0 Å². The van der Waals surface area contributed by atoms with Crippen molar-refractivity contribution < 1.29 is 4.74 Å². The van der Waals surface area contributed by atoms with E-state index in [0.29, 0.717) is 12.5 Å². The first kappa shape index (κ1) is 10.6. The first-order valence-electron chi connectivity index (χ1n) is 5.47. The molecular weight excluding hydrogens is 192 g/mol. The SMILES string of the molecule is Cn1cnnc1COC[C@H]1CCCNC1. The molecule has 1 aliphatic rings. The van der Waals surface area contributed by atoms with E-state index in [1.54, 1.807) is 6.33 Å². The first-order chi connectivity index (χ1) is 7.36. The number of aryl methyl sites for hydroxylation is 1. The number of ether oxygens (including phenoxy) is 1. The Morgan fingerprint density at radius 1 is 1.67 bits per heavy atom. The summed E-state index contributed by atoms with van der Waals surface area (Å²) in [5.74, 6) is 1.55. The fraction of sp³-hybridized carbons (Fsp3) is 0.800. The quantitative estimate of drug-likeness (QED) is 0.778. The summed E-state index contributed by atoms with van der Waals surface area (Å²) in [4.78, 5) is 0. The molecule has 15 heavy (non-hydrogen) atoms. The van der Waals surface area contributed by atoms with Crippen LogP contribution in [0.15, 0.2) is 6.33 Å². The maximum Gasteiger partial charge on any atom is 0.158 e. The number of hydrogen-bond donors (Lipinski definition) is 1. The van der Waals surface area contributed by atoms with E-state index >= 15 is 0 Å². The fourth-order valence-electron chi connectivity index (χ4n) is 1.82. The van der Waals surface area contributed by atoms with Gasteiger partial charge in [0.25, 0.3) is 0 Å². The Hall–Kier alpha value is -0.940. The predicted molar refractivity (Wildman–Crippen MR) is 56.3 cm³/mol. The van der Waals surface area contributed by atoms with Crippen LogP contribution >= 0.6 is 0 Å². The molecule has 0 aromatic carbocycles. The highest BCUT2D eigenvalue weighted by molar-refractivity contribution is 4.80. The lowest BCUT2D eigenvalue weighted by Gasteiger charge is -2.22. The second-order valence-corrected chi connectivity index (χ2v) is 4.09. The Morgan fingerprint density at radius 2 is 2.60 bits per heavy atom. The van der Waals surface area contributed by atoms with E-state index < -0.39 is 0 Å². The Balaban J connectivity index is 1.68. The van der Waals surface area contributed by atoms with Gasteiger partial charge in [0.05, 0.1) is 6.61 Å². The van der Waals surface area contributed by atoms with Crippen molar-refractivity contribution in [2.24, 2.45) is 13.0 Å². The first-order valence-corrected chi connectivity index (χ1v) is 5.47. The normalized spacial score (nSPS) is 21.8. The van der Waals surface area contributed by atoms with Crippen molar-refractivity contribution in [2.45, 2.75) is 19.4 Å². The molecule has 0 bridgehead atoms. The fourth-order valence-corrected chi connectivity index (χ4v) is 1.82. The van der Waals surface area contributed by atoms with Crippen LogP contribution in [0.25, 0.3) is 0 Å². The smallest absolute Gasteiger partial charge is 0.158 e. The summed E-state index contributed by atoms with van der Waals surface area (Å²) >= 11 is 0. The molecule has 1 N–H and O–H groups in total. The van der Waals surface area contributed by atoms with Crippen molar-refractivity contribution in [1.82, 2.24) is 20.1 Å². The summed E-state index contributed by atoms with van der Waals surface area (Å²) in [6, 6.07) is 0. The van der Waals surface area contributed by atoms with E-state index in [2.05, 4.69) is 15.5 Å². The molecule has 1 atom stereocenters. The van der Waals surface area contributed by atoms with Gasteiger partial charge >= 0.3 is 0 Å². The molecule has 2 rings (SSSR count). The summed E-state index contributed by atoms with van der Waals surface area (Å²) in [6.45, 7) is 3.62. The molecule has 5 nitrogen and oxygen atoms in total. The molecule has 0 radical (unpaired) electrons. The molecule has 1 fully saturated rings. The topological polar surface area (TPSA) is 52.0 Å². The zero-order valence-electron chi connectivity index (χ0n) is 9.15. The van der Waals surface area contributed by atoms with Gasteiger partial charge < -0.3 is 14.6 Å². The molecule has 0 amide bonds. The van der Waals surface area contributed by atoms with Crippen LogP contribution < -0.4 is 5.32 Å². The minimum absolute atomic E-state index is 0.562. The highest BCUT2D eigenvalue weighted by Gasteiger charge is 2.13. The molecule has 0 unspecified atom stereocenters. The molecular formula is C10H18N4O. The van der Waals surface area contributed by atoms with Crippen LogP contribution in [0.1, 0.15) is 18.7 Å². The Kier molecular flexibility index (Phi) is 3.69. The molecule has 1 aromatic heterocycles. The van der Waals surface area contributed by atoms with E-state index in [1.807, 2.05) is 11.6 Å². The highest BCUT2D eigenvalue weighted by atomic mass is 16.5. The molecule has 1 aliphatic heterocycles. The van der Waals surface area contributed by atoms with Crippen LogP contribution in [-0.4, -0.2) is 34.5 Å². The van der Waals surface area contributed by atoms with E-state index in [0.717, 1.165) is 25.5 Å². The zero-order valence-corrected chi connectivity index (χ0v) is 9.15. The number of aromatic nitrogens is 3. The summed E-state index contributed by atoms with van der Waals surface area (Å²) in [6.07, 6.45) is 4.23. The molecule has 5 heteroatoms. The molecule has 2 heterocycles. The molecule has 0 saturated carbocycles. The van der Waals surface area contributed by atoms with Crippen LogP contribution in [0.2, 0.25) is 0 Å². The Bertz CT molecular complexity index is 293. The molecule has 1 aromatic rings. The number of hydrogen-bond acceptors (Lipinski definition) is 4. The monoisotopic (exact) mass is 210 g/mol. The van der Waals surface area contributed by atoms with E-state index in [1.165, 1.54) is 12.8 Å². The molecule has 0 aliphatic carbocycles. The van der Waals surface area contributed by atoms with Crippen molar-refractivity contribution in [3.63, 3.8) is 0 Å². The van der Waals surface area contributed by atoms with Gasteiger partial charge in [0.15, 0.2) is 5.82 Å². The van der Waals surface area contributed by atoms with Gasteiger partial charge in [-0.1, -0.05) is 0 Å². The Labute approximate surface area is 89.8 Å². The lowest BCUT2D eigenvalue weighted by atomic mass is 10.0. The lowest BCUT2D eigenvalue weighted by molar-refractivity contribution is 0.0727. The Morgan fingerprint density at radius 3 is 3.27 bits per heavy atom. The summed E-state index contributed by atoms with van der Waals surface area (Å²) in [5.41, 5.74) is 0. The maximum absolute atomic E-state index is 5.64. The average molecular weight is 210 g/mol. The average Bonchev–Trinajstić information content (AvgIpc) is 2.66. The highest BCUT2D eigenvalue weighted by Crippen LogP contribution is 2.10. The predicted octanol–water partition coefficient (Wildman–Crippen LogP) is 0.331. The number of nitrogens with one attached hydrogen (secondary N) is 1. The number of piperidine rings is 1. The minimum Gasteiger partial charge on any atom is -0.373 e. The molecule has 0 spiro atoms. The third kappa shape index (κ3) is 3.00.